The Morgan fingerprint density at radius 2 is 1.85 bits per heavy atom. The van der Waals surface area contributed by atoms with Crippen molar-refractivity contribution in [3.63, 3.8) is 0 Å². The fraction of sp³-hybridized carbons (Fsp3) is 0.727. The van der Waals surface area contributed by atoms with Gasteiger partial charge in [-0.1, -0.05) is 31.9 Å². The average Bonchev–Trinajstić information content (AvgIpc) is 2.09. The molecular formula is C11H19O2-. The second-order valence-corrected chi connectivity index (χ2v) is 3.20. The number of carbonyl (C=O) groups excluding carboxylic acids is 1. The van der Waals surface area contributed by atoms with Gasteiger partial charge in [-0.25, -0.2) is 0 Å². The van der Waals surface area contributed by atoms with E-state index < -0.39 is 5.97 Å². The first-order valence-corrected chi connectivity index (χ1v) is 5.12. The highest BCUT2D eigenvalue weighted by Crippen LogP contribution is 2.05. The molecule has 0 N–H and O–H groups in total. The molecule has 0 aromatic carbocycles. The van der Waals surface area contributed by atoms with Crippen LogP contribution in [0.15, 0.2) is 12.2 Å². The molecule has 0 aliphatic heterocycles. The molecule has 0 aromatic heterocycles. The molecule has 0 saturated heterocycles. The van der Waals surface area contributed by atoms with E-state index in [2.05, 4.69) is 19.1 Å². The molecule has 0 unspecified atom stereocenters. The zero-order valence-corrected chi connectivity index (χ0v) is 8.42. The SMILES string of the molecule is CC/C=C/CCCCCCC(=O)[O-]. The molecule has 0 aromatic rings. The quantitative estimate of drug-likeness (QED) is 0.427. The number of hydrogen-bond acceptors (Lipinski definition) is 2. The Bertz CT molecular complexity index is 150. The first-order chi connectivity index (χ1) is 6.27. The van der Waals surface area contributed by atoms with Crippen molar-refractivity contribution in [3.05, 3.63) is 12.2 Å². The highest BCUT2D eigenvalue weighted by Gasteiger charge is 1.89. The van der Waals surface area contributed by atoms with Gasteiger partial charge in [-0.2, -0.15) is 0 Å². The highest BCUT2D eigenvalue weighted by atomic mass is 16.4. The van der Waals surface area contributed by atoms with Gasteiger partial charge in [0, 0.05) is 5.97 Å². The number of carboxylic acids is 1. The van der Waals surface area contributed by atoms with E-state index in [0.717, 1.165) is 32.1 Å². The van der Waals surface area contributed by atoms with Crippen molar-refractivity contribution in [2.75, 3.05) is 0 Å². The van der Waals surface area contributed by atoms with Gasteiger partial charge in [0.15, 0.2) is 0 Å². The van der Waals surface area contributed by atoms with Crippen LogP contribution in [-0.4, -0.2) is 5.97 Å². The van der Waals surface area contributed by atoms with Gasteiger partial charge in [-0.05, 0) is 32.1 Å². The van der Waals surface area contributed by atoms with Crippen LogP contribution in [0.1, 0.15) is 51.9 Å². The Morgan fingerprint density at radius 3 is 2.46 bits per heavy atom. The van der Waals surface area contributed by atoms with Crippen LogP contribution < -0.4 is 5.11 Å². The van der Waals surface area contributed by atoms with Crippen LogP contribution >= 0.6 is 0 Å². The number of allylic oxidation sites excluding steroid dienone is 2. The van der Waals surface area contributed by atoms with E-state index >= 15 is 0 Å². The number of carboxylic acid groups (broad SMARTS) is 1. The van der Waals surface area contributed by atoms with Crippen LogP contribution in [0.3, 0.4) is 0 Å². The minimum atomic E-state index is -0.925. The molecule has 76 valence electrons. The topological polar surface area (TPSA) is 40.1 Å². The molecule has 0 amide bonds. The van der Waals surface area contributed by atoms with E-state index in [1.54, 1.807) is 0 Å². The Labute approximate surface area is 80.7 Å². The molecule has 0 aliphatic carbocycles. The third kappa shape index (κ3) is 11.2. The van der Waals surface area contributed by atoms with Crippen molar-refractivity contribution in [3.8, 4) is 0 Å². The lowest BCUT2D eigenvalue weighted by molar-refractivity contribution is -0.305. The zero-order valence-electron chi connectivity index (χ0n) is 8.42. The van der Waals surface area contributed by atoms with Gasteiger partial charge in [0.25, 0.3) is 0 Å². The Kier molecular flexibility index (Phi) is 8.73. The normalized spacial score (nSPS) is 10.8. The summed E-state index contributed by atoms with van der Waals surface area (Å²) in [5, 5.41) is 10.1. The van der Waals surface area contributed by atoms with E-state index in [9.17, 15) is 9.90 Å². The van der Waals surface area contributed by atoms with Crippen LogP contribution in [0.25, 0.3) is 0 Å². The van der Waals surface area contributed by atoms with Gasteiger partial charge in [0.1, 0.15) is 0 Å². The minimum absolute atomic E-state index is 0.213. The van der Waals surface area contributed by atoms with Crippen LogP contribution in [0.4, 0.5) is 0 Å². The molecule has 0 saturated carbocycles. The van der Waals surface area contributed by atoms with E-state index in [4.69, 9.17) is 0 Å². The summed E-state index contributed by atoms with van der Waals surface area (Å²) in [4.78, 5) is 10.1. The lowest BCUT2D eigenvalue weighted by Crippen LogP contribution is -2.21. The predicted molar refractivity (Wildman–Crippen MR) is 52.1 cm³/mol. The average molecular weight is 183 g/mol. The standard InChI is InChI=1S/C11H20O2/c1-2-3-4-5-6-7-8-9-10-11(12)13/h3-4H,2,5-10H2,1H3,(H,12,13)/p-1/b4-3+. The molecule has 0 radical (unpaired) electrons. The maximum absolute atomic E-state index is 10.1. The van der Waals surface area contributed by atoms with Gasteiger partial charge in [0.05, 0.1) is 0 Å². The smallest absolute Gasteiger partial charge is 0.0414 e. The largest absolute Gasteiger partial charge is 0.550 e. The Morgan fingerprint density at radius 1 is 1.15 bits per heavy atom. The third-order valence-corrected chi connectivity index (χ3v) is 1.90. The van der Waals surface area contributed by atoms with Gasteiger partial charge in [-0.3, -0.25) is 0 Å². The van der Waals surface area contributed by atoms with Gasteiger partial charge >= 0.3 is 0 Å². The van der Waals surface area contributed by atoms with Crippen molar-refractivity contribution in [1.29, 1.82) is 0 Å². The molecule has 0 fully saturated rings. The van der Waals surface area contributed by atoms with Crippen molar-refractivity contribution < 1.29 is 9.90 Å². The zero-order chi connectivity index (χ0) is 9.94. The molecule has 0 spiro atoms. The lowest BCUT2D eigenvalue weighted by atomic mass is 10.1. The summed E-state index contributed by atoms with van der Waals surface area (Å²) in [5.74, 6) is -0.925. The molecule has 0 bridgehead atoms. The predicted octanol–water partition coefficient (Wildman–Crippen LogP) is 2.04. The second-order valence-electron chi connectivity index (χ2n) is 3.20. The number of rotatable bonds is 8. The van der Waals surface area contributed by atoms with Crippen LogP contribution in [0.5, 0.6) is 0 Å². The Hall–Kier alpha value is -0.790. The van der Waals surface area contributed by atoms with Crippen molar-refractivity contribution in [2.45, 2.75) is 51.9 Å². The molecule has 2 nitrogen and oxygen atoms in total. The van der Waals surface area contributed by atoms with Gasteiger partial charge in [0.2, 0.25) is 0 Å². The molecular weight excluding hydrogens is 164 g/mol. The maximum Gasteiger partial charge on any atom is 0.0414 e. The Balaban J connectivity index is 2.99. The molecule has 13 heavy (non-hydrogen) atoms. The second kappa shape index (κ2) is 9.30. The number of aliphatic carboxylic acids is 1. The minimum Gasteiger partial charge on any atom is -0.550 e. The first kappa shape index (κ1) is 12.2. The van der Waals surface area contributed by atoms with E-state index in [1.807, 2.05) is 0 Å². The summed E-state index contributed by atoms with van der Waals surface area (Å²) in [6.07, 6.45) is 10.9. The maximum atomic E-state index is 10.1. The van der Waals surface area contributed by atoms with E-state index in [0.29, 0.717) is 0 Å². The molecule has 0 heterocycles. The third-order valence-electron chi connectivity index (χ3n) is 1.90. The summed E-state index contributed by atoms with van der Waals surface area (Å²) in [7, 11) is 0. The van der Waals surface area contributed by atoms with Crippen LogP contribution in [0.2, 0.25) is 0 Å². The van der Waals surface area contributed by atoms with Gasteiger partial charge in [-0.15, -0.1) is 0 Å². The van der Waals surface area contributed by atoms with Crippen molar-refractivity contribution >= 4 is 5.97 Å². The number of carbonyl (C=O) groups is 1. The number of unbranched alkanes of at least 4 members (excludes halogenated alkanes) is 4. The summed E-state index contributed by atoms with van der Waals surface area (Å²) in [6, 6.07) is 0. The molecule has 0 aliphatic rings. The van der Waals surface area contributed by atoms with E-state index in [1.165, 1.54) is 6.42 Å². The van der Waals surface area contributed by atoms with Crippen LogP contribution in [0, 0.1) is 0 Å². The molecule has 2 heteroatoms. The lowest BCUT2D eigenvalue weighted by Gasteiger charge is -2.00. The van der Waals surface area contributed by atoms with Gasteiger partial charge < -0.3 is 9.90 Å². The highest BCUT2D eigenvalue weighted by molar-refractivity contribution is 5.63. The van der Waals surface area contributed by atoms with Crippen LogP contribution in [-0.2, 0) is 4.79 Å². The summed E-state index contributed by atoms with van der Waals surface area (Å²) < 4.78 is 0. The van der Waals surface area contributed by atoms with Crippen molar-refractivity contribution in [1.82, 2.24) is 0 Å². The first-order valence-electron chi connectivity index (χ1n) is 5.12. The van der Waals surface area contributed by atoms with Crippen molar-refractivity contribution in [2.24, 2.45) is 0 Å². The molecule has 0 rings (SSSR count). The summed E-state index contributed by atoms with van der Waals surface area (Å²) in [6.45, 7) is 2.12. The van der Waals surface area contributed by atoms with E-state index in [-0.39, 0.29) is 6.42 Å². The molecule has 0 atom stereocenters. The number of hydrogen-bond donors (Lipinski definition) is 0. The fourth-order valence-corrected chi connectivity index (χ4v) is 1.17. The fourth-order valence-electron chi connectivity index (χ4n) is 1.17. The monoisotopic (exact) mass is 183 g/mol. The summed E-state index contributed by atoms with van der Waals surface area (Å²) in [5.41, 5.74) is 0. The summed E-state index contributed by atoms with van der Waals surface area (Å²) >= 11 is 0.